The smallest absolute Gasteiger partial charge is 0.337 e. The number of ether oxygens (including phenoxy) is 5. The Morgan fingerprint density at radius 3 is 1.66 bits per heavy atom. The number of hydrogen-bond donors (Lipinski definition) is 5. The van der Waals surface area contributed by atoms with Crippen LogP contribution >= 0.6 is 11.6 Å². The molecule has 1 aromatic rings. The summed E-state index contributed by atoms with van der Waals surface area (Å²) in [6.07, 6.45) is 19.0. The van der Waals surface area contributed by atoms with Gasteiger partial charge in [0.05, 0.1) is 38.1 Å². The number of carboxylic acids is 2. The molecule has 0 aliphatic rings. The molecule has 0 spiro atoms. The van der Waals surface area contributed by atoms with Crippen LogP contribution in [0.2, 0.25) is 5.02 Å². The molecule has 0 saturated heterocycles. The van der Waals surface area contributed by atoms with Crippen LogP contribution in [0.5, 0.6) is 5.75 Å². The summed E-state index contributed by atoms with van der Waals surface area (Å²) in [7, 11) is -4.70. The number of benzene rings is 1. The van der Waals surface area contributed by atoms with Crippen molar-refractivity contribution in [1.82, 2.24) is 10.6 Å². The third-order valence-corrected chi connectivity index (χ3v) is 11.2. The van der Waals surface area contributed by atoms with Gasteiger partial charge in [-0.15, -0.1) is 0 Å². The third kappa shape index (κ3) is 33.4. The van der Waals surface area contributed by atoms with Crippen molar-refractivity contribution in [3.05, 3.63) is 22.7 Å². The standard InChI is InChI=1S/C45H73ClN2O16S/c1-35-31-37(46)44(39(32-35)65(57,58)59)64-43(54)34-63-30-28-61-26-24-47-41(51)33-62-29-27-60-25-18-19-36(49)22-23-38(45(55)56)48-40(50)20-16-14-12-10-8-6-4-2-3-5-7-9-11-13-15-17-21-42(52)53/h31-32,38H,2-30,33-34H2,1H3,(H,47,51)(H,48,50)(H,52,53)(H,55,56)(H,57,58,59)/t38-/m0/s1. The number of carboxylic acid groups (broad SMARTS) is 2. The molecule has 5 N–H and O–H groups in total. The van der Waals surface area contributed by atoms with Crippen LogP contribution in [0.25, 0.3) is 0 Å². The highest BCUT2D eigenvalue weighted by atomic mass is 35.5. The van der Waals surface area contributed by atoms with Crippen molar-refractivity contribution < 1.29 is 75.6 Å². The molecular formula is C45H73ClN2O16S. The maximum absolute atomic E-state index is 12.4. The van der Waals surface area contributed by atoms with Crippen molar-refractivity contribution in [2.45, 2.75) is 159 Å². The van der Waals surface area contributed by atoms with Crippen LogP contribution in [0.1, 0.15) is 147 Å². The number of hydrogen-bond acceptors (Lipinski definition) is 13. The van der Waals surface area contributed by atoms with E-state index in [0.29, 0.717) is 18.4 Å². The highest BCUT2D eigenvalue weighted by Gasteiger charge is 2.23. The minimum atomic E-state index is -4.70. The summed E-state index contributed by atoms with van der Waals surface area (Å²) in [6, 6.07) is 1.36. The maximum atomic E-state index is 12.4. The number of nitrogens with one attached hydrogen (secondary N) is 2. The quantitative estimate of drug-likeness (QED) is 0.0195. The van der Waals surface area contributed by atoms with Gasteiger partial charge < -0.3 is 44.5 Å². The highest BCUT2D eigenvalue weighted by Crippen LogP contribution is 2.33. The molecular weight excluding hydrogens is 892 g/mol. The van der Waals surface area contributed by atoms with Gasteiger partial charge in [0.2, 0.25) is 11.8 Å². The number of carbonyl (C=O) groups excluding carboxylic acids is 4. The zero-order valence-electron chi connectivity index (χ0n) is 38.1. The Kier molecular flexibility index (Phi) is 34.1. The zero-order chi connectivity index (χ0) is 48.1. The summed E-state index contributed by atoms with van der Waals surface area (Å²) < 4.78 is 58.8. The van der Waals surface area contributed by atoms with Gasteiger partial charge in [-0.25, -0.2) is 9.59 Å². The first-order valence-electron chi connectivity index (χ1n) is 22.9. The molecule has 0 aliphatic heterocycles. The number of rotatable bonds is 43. The fourth-order valence-electron chi connectivity index (χ4n) is 6.57. The van der Waals surface area contributed by atoms with Gasteiger partial charge in [-0.3, -0.25) is 23.7 Å². The van der Waals surface area contributed by atoms with Gasteiger partial charge >= 0.3 is 17.9 Å². The average Bonchev–Trinajstić information content (AvgIpc) is 3.23. The van der Waals surface area contributed by atoms with Crippen molar-refractivity contribution in [2.24, 2.45) is 0 Å². The van der Waals surface area contributed by atoms with Crippen molar-refractivity contribution >= 4 is 57.2 Å². The second kappa shape index (κ2) is 37.4. The summed E-state index contributed by atoms with van der Waals surface area (Å²) in [5, 5.41) is 23.2. The predicted octanol–water partition coefficient (Wildman–Crippen LogP) is 6.79. The lowest BCUT2D eigenvalue weighted by atomic mass is 10.0. The highest BCUT2D eigenvalue weighted by molar-refractivity contribution is 7.86. The van der Waals surface area contributed by atoms with E-state index in [2.05, 4.69) is 10.6 Å². The Balaban J connectivity index is 1.96. The van der Waals surface area contributed by atoms with E-state index in [0.717, 1.165) is 44.6 Å². The Morgan fingerprint density at radius 1 is 0.615 bits per heavy atom. The molecule has 1 rings (SSSR count). The van der Waals surface area contributed by atoms with Gasteiger partial charge in [0.15, 0.2) is 5.75 Å². The Bertz CT molecular complexity index is 1660. The summed E-state index contributed by atoms with van der Waals surface area (Å²) >= 11 is 5.98. The number of Topliss-reactive ketones (excluding diaryl/α,β-unsaturated/α-hetero) is 1. The van der Waals surface area contributed by atoms with Crippen molar-refractivity contribution in [3.8, 4) is 5.75 Å². The first-order valence-corrected chi connectivity index (χ1v) is 24.7. The topological polar surface area (TPSA) is 267 Å². The SMILES string of the molecule is Cc1cc(Cl)c(OC(=O)COCCOCCNC(=O)COCCOCCCC(=O)CC[C@H](NC(=O)CCCCCCCCCCCCCCCCCCC(=O)O)C(=O)O)c(S(=O)(=O)O)c1. The molecule has 372 valence electrons. The molecule has 0 aromatic heterocycles. The summed E-state index contributed by atoms with van der Waals surface area (Å²) in [4.78, 5) is 70.3. The van der Waals surface area contributed by atoms with E-state index < -0.39 is 51.3 Å². The lowest BCUT2D eigenvalue weighted by molar-refractivity contribution is -0.142. The molecule has 0 radical (unpaired) electrons. The van der Waals surface area contributed by atoms with Crippen LogP contribution in [0, 0.1) is 6.92 Å². The van der Waals surface area contributed by atoms with Crippen LogP contribution < -0.4 is 15.4 Å². The summed E-state index contributed by atoms with van der Waals surface area (Å²) in [6.45, 7) is 1.84. The molecule has 0 heterocycles. The van der Waals surface area contributed by atoms with Crippen LogP contribution in [-0.2, 0) is 57.8 Å². The minimum Gasteiger partial charge on any atom is -0.481 e. The van der Waals surface area contributed by atoms with E-state index in [4.69, 9.17) is 40.4 Å². The van der Waals surface area contributed by atoms with Gasteiger partial charge in [-0.2, -0.15) is 8.42 Å². The third-order valence-electron chi connectivity index (χ3n) is 10.0. The maximum Gasteiger partial charge on any atom is 0.337 e. The molecule has 2 amide bonds. The van der Waals surface area contributed by atoms with E-state index in [1.54, 1.807) is 6.92 Å². The fraction of sp³-hybridized carbons (Fsp3) is 0.733. The molecule has 0 unspecified atom stereocenters. The molecule has 1 atom stereocenters. The number of amides is 2. The molecule has 0 fully saturated rings. The number of halogens is 1. The average molecular weight is 966 g/mol. The monoisotopic (exact) mass is 964 g/mol. The summed E-state index contributed by atoms with van der Waals surface area (Å²) in [5.74, 6) is -4.15. The van der Waals surface area contributed by atoms with E-state index in [1.165, 1.54) is 63.9 Å². The number of esters is 1. The van der Waals surface area contributed by atoms with Gasteiger partial charge in [-0.05, 0) is 50.3 Å². The number of aliphatic carboxylic acids is 2. The second-order valence-corrected chi connectivity index (χ2v) is 17.7. The lowest BCUT2D eigenvalue weighted by Crippen LogP contribution is -2.41. The van der Waals surface area contributed by atoms with Crippen molar-refractivity contribution in [2.75, 3.05) is 59.4 Å². The Hall–Kier alpha value is -3.72. The minimum absolute atomic E-state index is 0.00810. The molecule has 65 heavy (non-hydrogen) atoms. The number of aryl methyl sites for hydroxylation is 1. The predicted molar refractivity (Wildman–Crippen MR) is 242 cm³/mol. The van der Waals surface area contributed by atoms with Gasteiger partial charge in [0, 0.05) is 38.8 Å². The van der Waals surface area contributed by atoms with Gasteiger partial charge in [0.1, 0.15) is 29.9 Å². The molecule has 20 heteroatoms. The van der Waals surface area contributed by atoms with Gasteiger partial charge in [0.25, 0.3) is 10.1 Å². The Labute approximate surface area is 389 Å². The van der Waals surface area contributed by atoms with Crippen LogP contribution in [0.3, 0.4) is 0 Å². The van der Waals surface area contributed by atoms with E-state index in [1.807, 2.05) is 0 Å². The van der Waals surface area contributed by atoms with Crippen LogP contribution in [0.15, 0.2) is 17.0 Å². The molecule has 1 aromatic carbocycles. The molecule has 0 aliphatic carbocycles. The Morgan fingerprint density at radius 2 is 1.12 bits per heavy atom. The van der Waals surface area contributed by atoms with Crippen LogP contribution in [-0.4, -0.2) is 124 Å². The lowest BCUT2D eigenvalue weighted by Gasteiger charge is -2.14. The van der Waals surface area contributed by atoms with E-state index in [9.17, 15) is 46.8 Å². The largest absolute Gasteiger partial charge is 0.481 e. The van der Waals surface area contributed by atoms with E-state index in [-0.39, 0.29) is 108 Å². The first kappa shape index (κ1) is 59.3. The van der Waals surface area contributed by atoms with Crippen LogP contribution in [0.4, 0.5) is 0 Å². The molecule has 18 nitrogen and oxygen atoms in total. The van der Waals surface area contributed by atoms with Crippen molar-refractivity contribution in [1.29, 1.82) is 0 Å². The molecule has 0 bridgehead atoms. The second-order valence-electron chi connectivity index (χ2n) is 15.9. The number of unbranched alkanes of at least 4 members (excludes halogenated alkanes) is 15. The number of ketones is 1. The number of carbonyl (C=O) groups is 6. The first-order chi connectivity index (χ1) is 31.1. The molecule has 0 saturated carbocycles. The fourth-order valence-corrected chi connectivity index (χ4v) is 7.66. The van der Waals surface area contributed by atoms with Gasteiger partial charge in [-0.1, -0.05) is 101 Å². The zero-order valence-corrected chi connectivity index (χ0v) is 39.7. The van der Waals surface area contributed by atoms with Crippen molar-refractivity contribution in [3.63, 3.8) is 0 Å². The summed E-state index contributed by atoms with van der Waals surface area (Å²) in [5.41, 5.74) is 0.433. The normalized spacial score (nSPS) is 11.9. The van der Waals surface area contributed by atoms with E-state index >= 15 is 0 Å².